The van der Waals surface area contributed by atoms with Crippen LogP contribution >= 0.6 is 0 Å². The fourth-order valence-corrected chi connectivity index (χ4v) is 3.11. The largest absolute Gasteiger partial charge is 0.382 e. The van der Waals surface area contributed by atoms with Gasteiger partial charge in [0.25, 0.3) is 0 Å². The minimum atomic E-state index is -0.0567. The second kappa shape index (κ2) is 6.57. The van der Waals surface area contributed by atoms with E-state index in [2.05, 4.69) is 26.8 Å². The molecule has 0 amide bonds. The van der Waals surface area contributed by atoms with E-state index in [9.17, 15) is 5.26 Å². The first-order valence-corrected chi connectivity index (χ1v) is 7.42. The minimum Gasteiger partial charge on any atom is -0.382 e. The smallest absolute Gasteiger partial charge is 0.0689 e. The van der Waals surface area contributed by atoms with Crippen LogP contribution < -0.4 is 0 Å². The van der Waals surface area contributed by atoms with Crippen molar-refractivity contribution in [2.24, 2.45) is 16.7 Å². The van der Waals surface area contributed by atoms with Gasteiger partial charge in [-0.2, -0.15) is 5.26 Å². The lowest BCUT2D eigenvalue weighted by atomic mass is 9.63. The molecular weight excluding hydrogens is 222 g/mol. The third-order valence-electron chi connectivity index (χ3n) is 4.55. The normalized spacial score (nSPS) is 28.9. The summed E-state index contributed by atoms with van der Waals surface area (Å²) < 4.78 is 5.38. The summed E-state index contributed by atoms with van der Waals surface area (Å²) in [6, 6.07) is 2.61. The molecule has 1 fully saturated rings. The van der Waals surface area contributed by atoms with Gasteiger partial charge >= 0.3 is 0 Å². The van der Waals surface area contributed by atoms with Crippen molar-refractivity contribution in [3.63, 3.8) is 0 Å². The molecule has 0 spiro atoms. The lowest BCUT2D eigenvalue weighted by Gasteiger charge is -2.40. The molecule has 2 heteroatoms. The molecule has 2 nitrogen and oxygen atoms in total. The van der Waals surface area contributed by atoms with Crippen LogP contribution in [0.5, 0.6) is 0 Å². The number of rotatable bonds is 5. The molecule has 18 heavy (non-hydrogen) atoms. The van der Waals surface area contributed by atoms with E-state index in [-0.39, 0.29) is 5.41 Å². The fraction of sp³-hybridized carbons (Fsp3) is 0.938. The number of hydrogen-bond acceptors (Lipinski definition) is 2. The van der Waals surface area contributed by atoms with Crippen LogP contribution in [0.2, 0.25) is 0 Å². The first-order valence-electron chi connectivity index (χ1n) is 7.42. The van der Waals surface area contributed by atoms with Gasteiger partial charge in [0.05, 0.1) is 11.5 Å². The summed E-state index contributed by atoms with van der Waals surface area (Å²) in [6.07, 6.45) is 6.63. The molecular formula is C16H29NO. The van der Waals surface area contributed by atoms with Crippen LogP contribution in [0.4, 0.5) is 0 Å². The van der Waals surface area contributed by atoms with Gasteiger partial charge in [0, 0.05) is 13.2 Å². The van der Waals surface area contributed by atoms with Gasteiger partial charge in [-0.1, -0.05) is 20.8 Å². The van der Waals surface area contributed by atoms with Crippen LogP contribution in [0.15, 0.2) is 0 Å². The van der Waals surface area contributed by atoms with E-state index in [4.69, 9.17) is 4.74 Å². The Morgan fingerprint density at radius 3 is 2.33 bits per heavy atom. The van der Waals surface area contributed by atoms with Crippen molar-refractivity contribution in [2.75, 3.05) is 13.2 Å². The Hall–Kier alpha value is -0.550. The maximum atomic E-state index is 9.50. The molecule has 0 N–H and O–H groups in total. The molecule has 0 radical (unpaired) electrons. The molecule has 1 aliphatic rings. The highest BCUT2D eigenvalue weighted by molar-refractivity contribution is 5.02. The van der Waals surface area contributed by atoms with Gasteiger partial charge in [-0.3, -0.25) is 0 Å². The first kappa shape index (κ1) is 15.5. The Labute approximate surface area is 113 Å². The first-order chi connectivity index (χ1) is 8.43. The molecule has 0 aromatic heterocycles. The van der Waals surface area contributed by atoms with E-state index in [1.54, 1.807) is 0 Å². The van der Waals surface area contributed by atoms with Gasteiger partial charge in [0.1, 0.15) is 0 Å². The molecule has 0 bridgehead atoms. The van der Waals surface area contributed by atoms with Gasteiger partial charge in [0.2, 0.25) is 0 Å². The average molecular weight is 251 g/mol. The predicted octanol–water partition coefficient (Wildman–Crippen LogP) is 4.55. The number of hydrogen-bond donors (Lipinski definition) is 0. The van der Waals surface area contributed by atoms with Gasteiger partial charge < -0.3 is 4.74 Å². The third-order valence-corrected chi connectivity index (χ3v) is 4.55. The summed E-state index contributed by atoms with van der Waals surface area (Å²) in [5.74, 6) is 0.783. The van der Waals surface area contributed by atoms with Crippen molar-refractivity contribution < 1.29 is 4.74 Å². The number of nitriles is 1. The van der Waals surface area contributed by atoms with Gasteiger partial charge in [-0.15, -0.1) is 0 Å². The lowest BCUT2D eigenvalue weighted by molar-refractivity contribution is 0.0965. The second-order valence-electron chi connectivity index (χ2n) is 6.83. The summed E-state index contributed by atoms with van der Waals surface area (Å²) in [4.78, 5) is 0. The Kier molecular flexibility index (Phi) is 5.66. The summed E-state index contributed by atoms with van der Waals surface area (Å²) in [5.41, 5.74) is 0.339. The maximum absolute atomic E-state index is 9.50. The summed E-state index contributed by atoms with van der Waals surface area (Å²) in [5, 5.41) is 9.50. The summed E-state index contributed by atoms with van der Waals surface area (Å²) >= 11 is 0. The zero-order chi connectivity index (χ0) is 13.6. The predicted molar refractivity (Wildman–Crippen MR) is 75.2 cm³/mol. The highest BCUT2D eigenvalue weighted by Gasteiger charge is 2.38. The van der Waals surface area contributed by atoms with Crippen LogP contribution in [-0.4, -0.2) is 13.2 Å². The lowest BCUT2D eigenvalue weighted by Crippen LogP contribution is -2.32. The van der Waals surface area contributed by atoms with E-state index in [0.717, 1.165) is 44.8 Å². The molecule has 0 heterocycles. The van der Waals surface area contributed by atoms with E-state index >= 15 is 0 Å². The zero-order valence-corrected chi connectivity index (χ0v) is 12.6. The maximum Gasteiger partial charge on any atom is 0.0689 e. The molecule has 1 saturated carbocycles. The Balaban J connectivity index is 2.43. The fourth-order valence-electron chi connectivity index (χ4n) is 3.11. The van der Waals surface area contributed by atoms with Gasteiger partial charge in [-0.05, 0) is 56.8 Å². The van der Waals surface area contributed by atoms with E-state index in [1.807, 2.05) is 6.92 Å². The molecule has 0 aromatic rings. The SMILES string of the molecule is CCOCCCC1(C#N)CCC(C(C)(C)C)CC1. The molecule has 0 aromatic carbocycles. The standard InChI is InChI=1S/C16H29NO/c1-5-18-12-6-9-16(13-17)10-7-14(8-11-16)15(2,3)4/h14H,5-12H2,1-4H3. The van der Waals surface area contributed by atoms with E-state index in [1.165, 1.54) is 12.8 Å². The van der Waals surface area contributed by atoms with Crippen LogP contribution in [0.25, 0.3) is 0 Å². The number of ether oxygens (including phenoxy) is 1. The Morgan fingerprint density at radius 1 is 1.28 bits per heavy atom. The van der Waals surface area contributed by atoms with Crippen molar-refractivity contribution in [1.29, 1.82) is 5.26 Å². The molecule has 1 aliphatic carbocycles. The van der Waals surface area contributed by atoms with Crippen LogP contribution in [0, 0.1) is 28.1 Å². The second-order valence-corrected chi connectivity index (χ2v) is 6.83. The van der Waals surface area contributed by atoms with Crippen LogP contribution in [-0.2, 0) is 4.74 Å². The zero-order valence-electron chi connectivity index (χ0n) is 12.6. The van der Waals surface area contributed by atoms with Gasteiger partial charge in [-0.25, -0.2) is 0 Å². The highest BCUT2D eigenvalue weighted by Crippen LogP contribution is 2.47. The van der Waals surface area contributed by atoms with Crippen molar-refractivity contribution in [2.45, 2.75) is 66.2 Å². The molecule has 104 valence electrons. The van der Waals surface area contributed by atoms with Crippen molar-refractivity contribution in [3.05, 3.63) is 0 Å². The Bertz CT molecular complexity index is 276. The van der Waals surface area contributed by atoms with Crippen molar-refractivity contribution in [1.82, 2.24) is 0 Å². The average Bonchev–Trinajstić information content (AvgIpc) is 2.34. The molecule has 0 atom stereocenters. The monoisotopic (exact) mass is 251 g/mol. The Morgan fingerprint density at radius 2 is 1.89 bits per heavy atom. The van der Waals surface area contributed by atoms with Crippen LogP contribution in [0.3, 0.4) is 0 Å². The topological polar surface area (TPSA) is 33.0 Å². The molecule has 0 saturated heterocycles. The van der Waals surface area contributed by atoms with Gasteiger partial charge in [0.15, 0.2) is 0 Å². The van der Waals surface area contributed by atoms with Crippen molar-refractivity contribution in [3.8, 4) is 6.07 Å². The quantitative estimate of drug-likeness (QED) is 0.672. The molecule has 1 rings (SSSR count). The molecule has 0 unspecified atom stereocenters. The highest BCUT2D eigenvalue weighted by atomic mass is 16.5. The number of nitrogens with zero attached hydrogens (tertiary/aromatic N) is 1. The van der Waals surface area contributed by atoms with Crippen molar-refractivity contribution >= 4 is 0 Å². The third kappa shape index (κ3) is 4.28. The van der Waals surface area contributed by atoms with E-state index < -0.39 is 0 Å². The summed E-state index contributed by atoms with van der Waals surface area (Å²) in [6.45, 7) is 10.6. The minimum absolute atomic E-state index is 0.0567. The molecule has 0 aliphatic heterocycles. The van der Waals surface area contributed by atoms with Crippen LogP contribution in [0.1, 0.15) is 66.2 Å². The van der Waals surface area contributed by atoms with E-state index in [0.29, 0.717) is 5.41 Å². The summed E-state index contributed by atoms with van der Waals surface area (Å²) in [7, 11) is 0.